The van der Waals surface area contributed by atoms with Crippen molar-refractivity contribution in [2.24, 2.45) is 0 Å². The van der Waals surface area contributed by atoms with E-state index in [1.54, 1.807) is 6.07 Å². The van der Waals surface area contributed by atoms with E-state index < -0.39 is 17.8 Å². The van der Waals surface area contributed by atoms with E-state index in [1.165, 1.54) is 19.3 Å². The monoisotopic (exact) mass is 340 g/mol. The highest BCUT2D eigenvalue weighted by molar-refractivity contribution is 5.90. The molecule has 0 spiro atoms. The number of nitrogens with one attached hydrogen (secondary N) is 1. The van der Waals surface area contributed by atoms with Gasteiger partial charge in [0.15, 0.2) is 5.69 Å². The summed E-state index contributed by atoms with van der Waals surface area (Å²) in [6.07, 6.45) is -1.09. The quantitative estimate of drug-likeness (QED) is 0.931. The number of carbonyl (C=O) groups excluding carboxylic acids is 1. The van der Waals surface area contributed by atoms with Gasteiger partial charge in [-0.2, -0.15) is 18.3 Å². The summed E-state index contributed by atoms with van der Waals surface area (Å²) in [6, 6.07) is 1.76. The Morgan fingerprint density at radius 2 is 2.25 bits per heavy atom. The van der Waals surface area contributed by atoms with Crippen LogP contribution in [0.2, 0.25) is 0 Å². The van der Waals surface area contributed by atoms with Crippen molar-refractivity contribution in [1.82, 2.24) is 14.8 Å². The van der Waals surface area contributed by atoms with Gasteiger partial charge in [0.25, 0.3) is 0 Å². The zero-order valence-electron chi connectivity index (χ0n) is 12.9. The third-order valence-corrected chi connectivity index (χ3v) is 3.60. The maximum absolute atomic E-state index is 12.7. The molecule has 9 heteroatoms. The summed E-state index contributed by atoms with van der Waals surface area (Å²) in [7, 11) is 0. The Morgan fingerprint density at radius 1 is 1.46 bits per heavy atom. The van der Waals surface area contributed by atoms with E-state index in [4.69, 9.17) is 4.74 Å². The molecular formula is C15H15F3N4O2. The molecule has 0 unspecified atom stereocenters. The molecule has 1 aliphatic heterocycles. The predicted molar refractivity (Wildman–Crippen MR) is 78.2 cm³/mol. The summed E-state index contributed by atoms with van der Waals surface area (Å²) in [4.78, 5) is 16.3. The first-order valence-corrected chi connectivity index (χ1v) is 7.29. The Hall–Kier alpha value is -2.42. The van der Waals surface area contributed by atoms with Crippen LogP contribution >= 0.6 is 0 Å². The zero-order chi connectivity index (χ0) is 17.3. The Kier molecular flexibility index (Phi) is 4.27. The van der Waals surface area contributed by atoms with Crippen molar-refractivity contribution in [3.05, 3.63) is 41.0 Å². The van der Waals surface area contributed by atoms with Gasteiger partial charge in [0, 0.05) is 23.9 Å². The van der Waals surface area contributed by atoms with Crippen LogP contribution in [0.25, 0.3) is 0 Å². The number of alkyl halides is 3. The standard InChI is InChI=1S/C15H15F3N4O2/c1-9-6-22(21-14(9)15(16,17)18)7-13(23)20-11-4-10-8-24-3-2-12(10)19-5-11/h4-6H,2-3,7-8H2,1H3,(H,20,23). The van der Waals surface area contributed by atoms with Gasteiger partial charge in [0.2, 0.25) is 5.91 Å². The second kappa shape index (κ2) is 6.23. The van der Waals surface area contributed by atoms with E-state index in [9.17, 15) is 18.0 Å². The number of rotatable bonds is 3. The number of halogens is 3. The number of pyridine rings is 1. The number of ether oxygens (including phenoxy) is 1. The van der Waals surface area contributed by atoms with Crippen LogP contribution in [-0.4, -0.2) is 27.3 Å². The lowest BCUT2D eigenvalue weighted by molar-refractivity contribution is -0.142. The molecule has 2 aromatic rings. The molecule has 0 saturated carbocycles. The third-order valence-electron chi connectivity index (χ3n) is 3.60. The molecule has 0 atom stereocenters. The third kappa shape index (κ3) is 3.56. The van der Waals surface area contributed by atoms with Gasteiger partial charge in [-0.25, -0.2) is 0 Å². The number of hydrogen-bond donors (Lipinski definition) is 1. The molecular weight excluding hydrogens is 325 g/mol. The largest absolute Gasteiger partial charge is 0.435 e. The highest BCUT2D eigenvalue weighted by atomic mass is 19.4. The van der Waals surface area contributed by atoms with Gasteiger partial charge in [0.1, 0.15) is 6.54 Å². The molecule has 1 N–H and O–H groups in total. The van der Waals surface area contributed by atoms with Gasteiger partial charge >= 0.3 is 6.18 Å². The SMILES string of the molecule is Cc1cn(CC(=O)Nc2cnc3c(c2)COCC3)nc1C(F)(F)F. The van der Waals surface area contributed by atoms with Crippen LogP contribution in [0.15, 0.2) is 18.5 Å². The van der Waals surface area contributed by atoms with Gasteiger partial charge in [-0.05, 0) is 18.6 Å². The zero-order valence-corrected chi connectivity index (χ0v) is 12.9. The molecule has 0 saturated heterocycles. The van der Waals surface area contributed by atoms with Crippen LogP contribution in [-0.2, 0) is 35.3 Å². The minimum Gasteiger partial charge on any atom is -0.376 e. The maximum Gasteiger partial charge on any atom is 0.435 e. The number of carbonyl (C=O) groups is 1. The van der Waals surface area contributed by atoms with Crippen LogP contribution in [0.4, 0.5) is 18.9 Å². The lowest BCUT2D eigenvalue weighted by Crippen LogP contribution is -2.20. The molecule has 2 aromatic heterocycles. The van der Waals surface area contributed by atoms with Crippen LogP contribution in [0, 0.1) is 6.92 Å². The Labute approximate surface area is 135 Å². The number of aryl methyl sites for hydroxylation is 1. The average molecular weight is 340 g/mol. The van der Waals surface area contributed by atoms with Gasteiger partial charge in [-0.1, -0.05) is 0 Å². The molecule has 1 amide bonds. The highest BCUT2D eigenvalue weighted by Crippen LogP contribution is 2.30. The topological polar surface area (TPSA) is 69.0 Å². The van der Waals surface area contributed by atoms with Crippen molar-refractivity contribution >= 4 is 11.6 Å². The Bertz CT molecular complexity index is 771. The van der Waals surface area contributed by atoms with Crippen LogP contribution in [0.3, 0.4) is 0 Å². The van der Waals surface area contributed by atoms with E-state index in [1.807, 2.05) is 0 Å². The van der Waals surface area contributed by atoms with Crippen molar-refractivity contribution in [3.8, 4) is 0 Å². The molecule has 24 heavy (non-hydrogen) atoms. The maximum atomic E-state index is 12.7. The molecule has 6 nitrogen and oxygen atoms in total. The summed E-state index contributed by atoms with van der Waals surface area (Å²) >= 11 is 0. The fourth-order valence-electron chi connectivity index (χ4n) is 2.54. The number of anilines is 1. The normalized spacial score (nSPS) is 14.3. The second-order valence-electron chi connectivity index (χ2n) is 5.54. The Balaban J connectivity index is 1.68. The van der Waals surface area contributed by atoms with E-state index in [0.717, 1.165) is 22.4 Å². The van der Waals surface area contributed by atoms with Gasteiger partial charge in [0.05, 0.1) is 25.1 Å². The first kappa shape index (κ1) is 16.4. The average Bonchev–Trinajstić information content (AvgIpc) is 2.87. The summed E-state index contributed by atoms with van der Waals surface area (Å²) in [5.41, 5.74) is 1.29. The van der Waals surface area contributed by atoms with E-state index in [2.05, 4.69) is 15.4 Å². The smallest absolute Gasteiger partial charge is 0.376 e. The number of hydrogen-bond acceptors (Lipinski definition) is 4. The van der Waals surface area contributed by atoms with Crippen molar-refractivity contribution in [1.29, 1.82) is 0 Å². The molecule has 0 radical (unpaired) electrons. The molecule has 0 aliphatic carbocycles. The minimum atomic E-state index is -4.53. The van der Waals surface area contributed by atoms with E-state index in [-0.39, 0.29) is 12.1 Å². The summed E-state index contributed by atoms with van der Waals surface area (Å²) in [5.74, 6) is -0.482. The molecule has 3 heterocycles. The fourth-order valence-corrected chi connectivity index (χ4v) is 2.54. The minimum absolute atomic E-state index is 0.0251. The van der Waals surface area contributed by atoms with Gasteiger partial charge in [-0.15, -0.1) is 0 Å². The fraction of sp³-hybridized carbons (Fsp3) is 0.400. The molecule has 128 valence electrons. The highest BCUT2D eigenvalue weighted by Gasteiger charge is 2.36. The number of aromatic nitrogens is 3. The predicted octanol–water partition coefficient (Wildman–Crippen LogP) is 2.32. The van der Waals surface area contributed by atoms with Crippen molar-refractivity contribution in [3.63, 3.8) is 0 Å². The lowest BCUT2D eigenvalue weighted by Gasteiger charge is -2.16. The van der Waals surface area contributed by atoms with Crippen molar-refractivity contribution in [2.75, 3.05) is 11.9 Å². The molecule has 0 fully saturated rings. The Morgan fingerprint density at radius 3 is 2.96 bits per heavy atom. The van der Waals surface area contributed by atoms with Crippen molar-refractivity contribution < 1.29 is 22.7 Å². The molecule has 0 bridgehead atoms. The van der Waals surface area contributed by atoms with Crippen LogP contribution in [0.1, 0.15) is 22.5 Å². The van der Waals surface area contributed by atoms with Crippen molar-refractivity contribution in [2.45, 2.75) is 32.7 Å². The lowest BCUT2D eigenvalue weighted by atomic mass is 10.1. The molecule has 0 aromatic carbocycles. The summed E-state index contributed by atoms with van der Waals surface area (Å²) in [5, 5.41) is 6.04. The van der Waals surface area contributed by atoms with E-state index in [0.29, 0.717) is 18.9 Å². The van der Waals surface area contributed by atoms with Gasteiger partial charge < -0.3 is 10.1 Å². The summed E-state index contributed by atoms with van der Waals surface area (Å²) in [6.45, 7) is 2.04. The summed E-state index contributed by atoms with van der Waals surface area (Å²) < 4.78 is 44.4. The second-order valence-corrected chi connectivity index (χ2v) is 5.54. The first-order chi connectivity index (χ1) is 11.3. The van der Waals surface area contributed by atoms with Gasteiger partial charge in [-0.3, -0.25) is 14.5 Å². The van der Waals surface area contributed by atoms with Crippen LogP contribution in [0.5, 0.6) is 0 Å². The van der Waals surface area contributed by atoms with E-state index >= 15 is 0 Å². The molecule has 3 rings (SSSR count). The number of amides is 1. The molecule has 1 aliphatic rings. The first-order valence-electron chi connectivity index (χ1n) is 7.29. The number of fused-ring (bicyclic) bond motifs is 1. The number of nitrogens with zero attached hydrogens (tertiary/aromatic N) is 3. The van der Waals surface area contributed by atoms with Crippen LogP contribution < -0.4 is 5.32 Å².